The molecule has 0 bridgehead atoms. The van der Waals surface area contributed by atoms with E-state index in [9.17, 15) is 14.4 Å². The van der Waals surface area contributed by atoms with Gasteiger partial charge in [-0.15, -0.1) is 0 Å². The molecule has 0 radical (unpaired) electrons. The lowest BCUT2D eigenvalue weighted by Gasteiger charge is -2.13. The van der Waals surface area contributed by atoms with Crippen LogP contribution >= 0.6 is 0 Å². The van der Waals surface area contributed by atoms with Gasteiger partial charge in [0.1, 0.15) is 0 Å². The summed E-state index contributed by atoms with van der Waals surface area (Å²) < 4.78 is 7.25. The number of carbonyl (C=O) groups is 3. The van der Waals surface area contributed by atoms with Gasteiger partial charge in [0.25, 0.3) is 5.91 Å². The third-order valence-electron chi connectivity index (χ3n) is 4.20. The van der Waals surface area contributed by atoms with Crippen LogP contribution in [0.15, 0.2) is 36.4 Å². The first kappa shape index (κ1) is 20.2. The fraction of sp³-hybridized carbons (Fsp3) is 0.350. The molecule has 0 aliphatic heterocycles. The van der Waals surface area contributed by atoms with Crippen LogP contribution < -0.4 is 10.6 Å². The predicted molar refractivity (Wildman–Crippen MR) is 102 cm³/mol. The Morgan fingerprint density at radius 1 is 1.15 bits per heavy atom. The zero-order chi connectivity index (χ0) is 20.0. The number of hydrogen-bond acceptors (Lipinski definition) is 4. The number of esters is 1. The number of carbonyl (C=O) groups excluding carboxylic acids is 3. The minimum absolute atomic E-state index is 0.390. The molecule has 0 saturated carbocycles. The van der Waals surface area contributed by atoms with Crippen LogP contribution in [0.4, 0.5) is 4.79 Å². The molecule has 1 aromatic carbocycles. The molecule has 144 valence electrons. The SMILES string of the molecule is CCNC(=O)NC(=O)C(C)OC(=O)c1cc(C)n(Cc2ccccc2)c1C. The highest BCUT2D eigenvalue weighted by Crippen LogP contribution is 2.18. The maximum absolute atomic E-state index is 12.5. The van der Waals surface area contributed by atoms with Gasteiger partial charge in [-0.25, -0.2) is 9.59 Å². The Hall–Kier alpha value is -3.09. The predicted octanol–water partition coefficient (Wildman–Crippen LogP) is 2.54. The van der Waals surface area contributed by atoms with Gasteiger partial charge in [0.05, 0.1) is 5.56 Å². The molecule has 1 aromatic heterocycles. The first-order chi connectivity index (χ1) is 12.8. The summed E-state index contributed by atoms with van der Waals surface area (Å²) in [5.74, 6) is -1.27. The number of amides is 3. The lowest BCUT2D eigenvalue weighted by molar-refractivity contribution is -0.127. The maximum Gasteiger partial charge on any atom is 0.340 e. The van der Waals surface area contributed by atoms with Crippen LogP contribution in [0.5, 0.6) is 0 Å². The molecule has 7 nitrogen and oxygen atoms in total. The molecule has 0 spiro atoms. The zero-order valence-corrected chi connectivity index (χ0v) is 16.0. The fourth-order valence-electron chi connectivity index (χ4n) is 2.71. The summed E-state index contributed by atoms with van der Waals surface area (Å²) in [6, 6.07) is 11.0. The highest BCUT2D eigenvalue weighted by Gasteiger charge is 2.23. The Morgan fingerprint density at radius 2 is 1.81 bits per heavy atom. The Bertz CT molecular complexity index is 827. The molecule has 2 N–H and O–H groups in total. The Labute approximate surface area is 158 Å². The van der Waals surface area contributed by atoms with E-state index in [0.29, 0.717) is 18.7 Å². The Morgan fingerprint density at radius 3 is 2.44 bits per heavy atom. The first-order valence-electron chi connectivity index (χ1n) is 8.83. The van der Waals surface area contributed by atoms with E-state index in [1.165, 1.54) is 6.92 Å². The van der Waals surface area contributed by atoms with Gasteiger partial charge >= 0.3 is 12.0 Å². The molecule has 0 saturated heterocycles. The Balaban J connectivity index is 2.07. The van der Waals surface area contributed by atoms with Crippen LogP contribution in [0.25, 0.3) is 0 Å². The minimum Gasteiger partial charge on any atom is -0.449 e. The average molecular weight is 371 g/mol. The van der Waals surface area contributed by atoms with Gasteiger partial charge in [-0.05, 0) is 39.3 Å². The van der Waals surface area contributed by atoms with Crippen LogP contribution in [0, 0.1) is 13.8 Å². The van der Waals surface area contributed by atoms with E-state index >= 15 is 0 Å². The second-order valence-electron chi connectivity index (χ2n) is 6.25. The number of rotatable bonds is 6. The van der Waals surface area contributed by atoms with Crippen LogP contribution in [0.3, 0.4) is 0 Å². The number of nitrogens with one attached hydrogen (secondary N) is 2. The molecule has 27 heavy (non-hydrogen) atoms. The van der Waals surface area contributed by atoms with E-state index in [1.54, 1.807) is 13.0 Å². The molecule has 2 rings (SSSR count). The molecular formula is C20H25N3O4. The minimum atomic E-state index is -1.09. The number of aryl methyl sites for hydroxylation is 1. The molecule has 1 atom stereocenters. The number of benzene rings is 1. The van der Waals surface area contributed by atoms with Gasteiger partial charge < -0.3 is 14.6 Å². The standard InChI is InChI=1S/C20H25N3O4/c1-5-21-20(26)22-18(24)15(4)27-19(25)17-11-13(2)23(14(17)3)12-16-9-7-6-8-10-16/h6-11,15H,5,12H2,1-4H3,(H2,21,22,24,26). The summed E-state index contributed by atoms with van der Waals surface area (Å²) in [4.78, 5) is 35.8. The molecule has 0 aliphatic rings. The van der Waals surface area contributed by atoms with Gasteiger partial charge in [-0.1, -0.05) is 30.3 Å². The van der Waals surface area contributed by atoms with Crippen molar-refractivity contribution in [2.75, 3.05) is 6.54 Å². The van der Waals surface area contributed by atoms with Crippen molar-refractivity contribution in [2.24, 2.45) is 0 Å². The summed E-state index contributed by atoms with van der Waals surface area (Å²) >= 11 is 0. The molecule has 0 fully saturated rings. The van der Waals surface area contributed by atoms with Crippen molar-refractivity contribution < 1.29 is 19.1 Å². The molecule has 7 heteroatoms. The van der Waals surface area contributed by atoms with Gasteiger partial charge in [0.2, 0.25) is 0 Å². The highest BCUT2D eigenvalue weighted by atomic mass is 16.5. The molecule has 2 aromatic rings. The fourth-order valence-corrected chi connectivity index (χ4v) is 2.71. The van der Waals surface area contributed by atoms with Gasteiger partial charge in [-0.3, -0.25) is 10.1 Å². The van der Waals surface area contributed by atoms with Crippen molar-refractivity contribution in [3.05, 3.63) is 58.9 Å². The van der Waals surface area contributed by atoms with Crippen molar-refractivity contribution in [1.29, 1.82) is 0 Å². The number of ether oxygens (including phenoxy) is 1. The summed E-state index contributed by atoms with van der Waals surface area (Å²) in [7, 11) is 0. The normalized spacial score (nSPS) is 11.6. The maximum atomic E-state index is 12.5. The van der Waals surface area contributed by atoms with Crippen LogP contribution in [-0.2, 0) is 16.1 Å². The number of imide groups is 1. The molecule has 0 aliphatic carbocycles. The van der Waals surface area contributed by atoms with E-state index in [1.807, 2.05) is 48.7 Å². The zero-order valence-electron chi connectivity index (χ0n) is 16.0. The number of hydrogen-bond donors (Lipinski definition) is 2. The van der Waals surface area contributed by atoms with Gasteiger partial charge in [0, 0.05) is 24.5 Å². The third-order valence-corrected chi connectivity index (χ3v) is 4.20. The van der Waals surface area contributed by atoms with E-state index in [4.69, 9.17) is 4.74 Å². The molecule has 3 amide bonds. The second kappa shape index (κ2) is 9.02. The quantitative estimate of drug-likeness (QED) is 0.764. The summed E-state index contributed by atoms with van der Waals surface area (Å²) in [6.07, 6.45) is -1.09. The summed E-state index contributed by atoms with van der Waals surface area (Å²) in [5, 5.41) is 4.57. The molecule has 1 unspecified atom stereocenters. The summed E-state index contributed by atoms with van der Waals surface area (Å²) in [6.45, 7) is 7.94. The second-order valence-corrected chi connectivity index (χ2v) is 6.25. The highest BCUT2D eigenvalue weighted by molar-refractivity contribution is 5.98. The van der Waals surface area contributed by atoms with E-state index in [2.05, 4.69) is 10.6 Å². The number of nitrogens with zero attached hydrogens (tertiary/aromatic N) is 1. The monoisotopic (exact) mass is 371 g/mol. The van der Waals surface area contributed by atoms with Crippen molar-refractivity contribution in [2.45, 2.75) is 40.3 Å². The average Bonchev–Trinajstić information content (AvgIpc) is 2.91. The summed E-state index contributed by atoms with van der Waals surface area (Å²) in [5.41, 5.74) is 3.20. The third kappa shape index (κ3) is 5.20. The van der Waals surface area contributed by atoms with E-state index in [0.717, 1.165) is 17.0 Å². The van der Waals surface area contributed by atoms with Crippen LogP contribution in [-0.4, -0.2) is 35.1 Å². The lowest BCUT2D eigenvalue weighted by Crippen LogP contribution is -2.44. The van der Waals surface area contributed by atoms with Crippen LogP contribution in [0.2, 0.25) is 0 Å². The van der Waals surface area contributed by atoms with Crippen molar-refractivity contribution >= 4 is 17.9 Å². The van der Waals surface area contributed by atoms with Crippen molar-refractivity contribution in [3.8, 4) is 0 Å². The molecule has 1 heterocycles. The van der Waals surface area contributed by atoms with Gasteiger partial charge in [0.15, 0.2) is 6.10 Å². The number of aromatic nitrogens is 1. The van der Waals surface area contributed by atoms with Crippen LogP contribution in [0.1, 0.15) is 41.2 Å². The van der Waals surface area contributed by atoms with E-state index in [-0.39, 0.29) is 0 Å². The van der Waals surface area contributed by atoms with Gasteiger partial charge in [-0.2, -0.15) is 0 Å². The van der Waals surface area contributed by atoms with Crippen molar-refractivity contribution in [1.82, 2.24) is 15.2 Å². The Kier molecular flexibility index (Phi) is 6.76. The topological polar surface area (TPSA) is 89.4 Å². The largest absolute Gasteiger partial charge is 0.449 e. The van der Waals surface area contributed by atoms with Crippen molar-refractivity contribution in [3.63, 3.8) is 0 Å². The first-order valence-corrected chi connectivity index (χ1v) is 8.83. The number of urea groups is 1. The molecular weight excluding hydrogens is 346 g/mol. The lowest BCUT2D eigenvalue weighted by atomic mass is 10.2. The smallest absolute Gasteiger partial charge is 0.340 e. The van der Waals surface area contributed by atoms with E-state index < -0.39 is 24.0 Å².